The lowest BCUT2D eigenvalue weighted by Gasteiger charge is -2.32. The number of piperidine rings is 1. The van der Waals surface area contributed by atoms with Gasteiger partial charge in [-0.2, -0.15) is 18.4 Å². The van der Waals surface area contributed by atoms with Gasteiger partial charge in [0.2, 0.25) is 0 Å². The summed E-state index contributed by atoms with van der Waals surface area (Å²) in [5.41, 5.74) is -0.454. The third-order valence-electron chi connectivity index (χ3n) is 3.58. The van der Waals surface area contributed by atoms with E-state index in [4.69, 9.17) is 5.26 Å². The Kier molecular flexibility index (Phi) is 3.70. The van der Waals surface area contributed by atoms with Crippen LogP contribution in [0.4, 0.5) is 18.9 Å². The van der Waals surface area contributed by atoms with Crippen molar-refractivity contribution in [1.29, 1.82) is 5.26 Å². The van der Waals surface area contributed by atoms with Crippen LogP contribution < -0.4 is 4.90 Å². The van der Waals surface area contributed by atoms with E-state index >= 15 is 0 Å². The van der Waals surface area contributed by atoms with E-state index in [1.165, 1.54) is 12.1 Å². The molecule has 0 amide bonds. The van der Waals surface area contributed by atoms with Crippen LogP contribution in [0.3, 0.4) is 0 Å². The molecule has 0 unspecified atom stereocenters. The van der Waals surface area contributed by atoms with Gasteiger partial charge in [-0.25, -0.2) is 0 Å². The number of anilines is 1. The lowest BCUT2D eigenvalue weighted by molar-refractivity contribution is -0.137. The number of hydrogen-bond acceptors (Lipinski definition) is 2. The van der Waals surface area contributed by atoms with E-state index in [-0.39, 0.29) is 5.56 Å². The molecule has 0 radical (unpaired) electrons. The molecule has 1 aliphatic heterocycles. The highest BCUT2D eigenvalue weighted by Crippen LogP contribution is 2.34. The van der Waals surface area contributed by atoms with Crippen LogP contribution in [0.5, 0.6) is 0 Å². The molecule has 0 aromatic heterocycles. The highest BCUT2D eigenvalue weighted by molar-refractivity contribution is 5.55. The molecular weight excluding hydrogens is 253 g/mol. The minimum Gasteiger partial charge on any atom is -0.371 e. The zero-order chi connectivity index (χ0) is 14.0. The summed E-state index contributed by atoms with van der Waals surface area (Å²) in [5.74, 6) is 0.654. The largest absolute Gasteiger partial charge is 0.417 e. The maximum Gasteiger partial charge on any atom is 0.417 e. The van der Waals surface area contributed by atoms with Gasteiger partial charge >= 0.3 is 6.18 Å². The van der Waals surface area contributed by atoms with Crippen molar-refractivity contribution in [3.8, 4) is 6.07 Å². The molecule has 1 fully saturated rings. The van der Waals surface area contributed by atoms with Gasteiger partial charge in [-0.15, -0.1) is 0 Å². The molecule has 0 bridgehead atoms. The maximum absolute atomic E-state index is 12.7. The van der Waals surface area contributed by atoms with Gasteiger partial charge in [0.15, 0.2) is 0 Å². The molecule has 1 saturated heterocycles. The summed E-state index contributed by atoms with van der Waals surface area (Å²) >= 11 is 0. The van der Waals surface area contributed by atoms with Crippen LogP contribution in [0.25, 0.3) is 0 Å². The Bertz CT molecular complexity index is 494. The first kappa shape index (κ1) is 13.7. The van der Waals surface area contributed by atoms with E-state index in [9.17, 15) is 13.2 Å². The second kappa shape index (κ2) is 5.12. The standard InChI is InChI=1S/C14H15F3N2/c1-10-4-6-19(7-5-10)12-2-3-13(14(15,16)17)11(8-12)9-18/h2-3,8,10H,4-7H2,1H3. The van der Waals surface area contributed by atoms with Crippen molar-refractivity contribution in [3.05, 3.63) is 29.3 Å². The van der Waals surface area contributed by atoms with Crippen LogP contribution in [0, 0.1) is 17.2 Å². The fourth-order valence-corrected chi connectivity index (χ4v) is 2.34. The van der Waals surface area contributed by atoms with Crippen LogP contribution in [0.15, 0.2) is 18.2 Å². The van der Waals surface area contributed by atoms with Crippen LogP contribution in [0.1, 0.15) is 30.9 Å². The zero-order valence-electron chi connectivity index (χ0n) is 10.7. The smallest absolute Gasteiger partial charge is 0.371 e. The first-order valence-electron chi connectivity index (χ1n) is 6.28. The lowest BCUT2D eigenvalue weighted by Crippen LogP contribution is -2.32. The van der Waals surface area contributed by atoms with Crippen molar-refractivity contribution in [1.82, 2.24) is 0 Å². The molecule has 0 atom stereocenters. The van der Waals surface area contributed by atoms with Gasteiger partial charge in [-0.1, -0.05) is 6.92 Å². The van der Waals surface area contributed by atoms with Gasteiger partial charge in [0.05, 0.1) is 17.2 Å². The van der Waals surface area contributed by atoms with Crippen molar-refractivity contribution in [3.63, 3.8) is 0 Å². The topological polar surface area (TPSA) is 27.0 Å². The summed E-state index contributed by atoms with van der Waals surface area (Å²) in [4.78, 5) is 2.04. The van der Waals surface area contributed by atoms with Crippen LogP contribution >= 0.6 is 0 Å². The van der Waals surface area contributed by atoms with E-state index in [0.29, 0.717) is 11.6 Å². The van der Waals surface area contributed by atoms with Crippen molar-refractivity contribution in [2.75, 3.05) is 18.0 Å². The monoisotopic (exact) mass is 268 g/mol. The summed E-state index contributed by atoms with van der Waals surface area (Å²) in [6, 6.07) is 5.45. The molecule has 1 aromatic rings. The Morgan fingerprint density at radius 3 is 2.42 bits per heavy atom. The second-order valence-electron chi connectivity index (χ2n) is 5.01. The summed E-state index contributed by atoms with van der Waals surface area (Å²) in [6.07, 6.45) is -2.41. The number of benzene rings is 1. The summed E-state index contributed by atoms with van der Waals surface area (Å²) in [7, 11) is 0. The lowest BCUT2D eigenvalue weighted by atomic mass is 9.98. The Labute approximate surface area is 110 Å². The molecule has 2 nitrogen and oxygen atoms in total. The Morgan fingerprint density at radius 1 is 1.26 bits per heavy atom. The number of alkyl halides is 3. The molecule has 1 heterocycles. The number of nitrogens with zero attached hydrogens (tertiary/aromatic N) is 2. The molecule has 102 valence electrons. The normalized spacial score (nSPS) is 17.3. The summed E-state index contributed by atoms with van der Waals surface area (Å²) in [6.45, 7) is 3.83. The molecule has 19 heavy (non-hydrogen) atoms. The summed E-state index contributed by atoms with van der Waals surface area (Å²) < 4.78 is 38.1. The van der Waals surface area contributed by atoms with Gasteiger partial charge in [-0.05, 0) is 37.0 Å². The number of hydrogen-bond donors (Lipinski definition) is 0. The van der Waals surface area contributed by atoms with Crippen LogP contribution in [-0.4, -0.2) is 13.1 Å². The molecule has 0 aliphatic carbocycles. The van der Waals surface area contributed by atoms with E-state index in [1.807, 2.05) is 4.90 Å². The minimum absolute atomic E-state index is 0.302. The second-order valence-corrected chi connectivity index (χ2v) is 5.01. The van der Waals surface area contributed by atoms with Crippen molar-refractivity contribution < 1.29 is 13.2 Å². The molecule has 0 saturated carbocycles. The van der Waals surface area contributed by atoms with Crippen molar-refractivity contribution >= 4 is 5.69 Å². The molecule has 1 aromatic carbocycles. The van der Waals surface area contributed by atoms with Gasteiger partial charge in [-0.3, -0.25) is 0 Å². The third kappa shape index (κ3) is 3.01. The average Bonchev–Trinajstić information content (AvgIpc) is 2.38. The van der Waals surface area contributed by atoms with E-state index in [2.05, 4.69) is 6.92 Å². The quantitative estimate of drug-likeness (QED) is 0.774. The number of rotatable bonds is 1. The molecule has 2 rings (SSSR count). The Balaban J connectivity index is 2.28. The SMILES string of the molecule is CC1CCN(c2ccc(C(F)(F)F)c(C#N)c2)CC1. The molecule has 1 aliphatic rings. The van der Waals surface area contributed by atoms with Crippen molar-refractivity contribution in [2.45, 2.75) is 25.9 Å². The maximum atomic E-state index is 12.7. The zero-order valence-corrected chi connectivity index (χ0v) is 10.7. The first-order chi connectivity index (χ1) is 8.91. The first-order valence-corrected chi connectivity index (χ1v) is 6.28. The number of halogens is 3. The van der Waals surface area contributed by atoms with Crippen molar-refractivity contribution in [2.24, 2.45) is 5.92 Å². The Hall–Kier alpha value is -1.70. The van der Waals surface area contributed by atoms with Gasteiger partial charge < -0.3 is 4.90 Å². The minimum atomic E-state index is -4.47. The number of nitriles is 1. The predicted octanol–water partition coefficient (Wildman–Crippen LogP) is 3.81. The highest BCUT2D eigenvalue weighted by atomic mass is 19.4. The van der Waals surface area contributed by atoms with Gasteiger partial charge in [0.1, 0.15) is 0 Å². The van der Waals surface area contributed by atoms with Gasteiger partial charge in [0.25, 0.3) is 0 Å². The highest BCUT2D eigenvalue weighted by Gasteiger charge is 2.33. The van der Waals surface area contributed by atoms with E-state index in [0.717, 1.165) is 32.0 Å². The van der Waals surface area contributed by atoms with Crippen LogP contribution in [0.2, 0.25) is 0 Å². The molecule has 0 spiro atoms. The predicted molar refractivity (Wildman–Crippen MR) is 66.8 cm³/mol. The fourth-order valence-electron chi connectivity index (χ4n) is 2.34. The third-order valence-corrected chi connectivity index (χ3v) is 3.58. The Morgan fingerprint density at radius 2 is 1.89 bits per heavy atom. The van der Waals surface area contributed by atoms with E-state index < -0.39 is 11.7 Å². The van der Waals surface area contributed by atoms with Crippen LogP contribution in [-0.2, 0) is 6.18 Å². The molecular formula is C14H15F3N2. The molecule has 5 heteroatoms. The summed E-state index contributed by atoms with van der Waals surface area (Å²) in [5, 5.41) is 8.88. The fraction of sp³-hybridized carbons (Fsp3) is 0.500. The van der Waals surface area contributed by atoms with Gasteiger partial charge in [0, 0.05) is 18.8 Å². The average molecular weight is 268 g/mol. The molecule has 0 N–H and O–H groups in total. The van der Waals surface area contributed by atoms with E-state index in [1.54, 1.807) is 6.07 Å².